The maximum absolute atomic E-state index is 12.2. The maximum atomic E-state index is 12.2. The van der Waals surface area contributed by atoms with E-state index in [4.69, 9.17) is 16.3 Å². The molecule has 2 aromatic rings. The Morgan fingerprint density at radius 3 is 2.36 bits per heavy atom. The zero-order valence-electron chi connectivity index (χ0n) is 16.0. The molecule has 2 rings (SSSR count). The Kier molecular flexibility index (Phi) is 8.20. The van der Waals surface area contributed by atoms with Gasteiger partial charge < -0.3 is 10.1 Å². The lowest BCUT2D eigenvalue weighted by atomic mass is 10.0. The van der Waals surface area contributed by atoms with Gasteiger partial charge in [0.15, 0.2) is 11.9 Å². The Bertz CT molecular complexity index is 833. The summed E-state index contributed by atoms with van der Waals surface area (Å²) in [7, 11) is 0. The van der Waals surface area contributed by atoms with Gasteiger partial charge in [-0.2, -0.15) is 0 Å². The predicted octanol–water partition coefficient (Wildman–Crippen LogP) is 4.83. The van der Waals surface area contributed by atoms with Gasteiger partial charge in [0.1, 0.15) is 0 Å². The van der Waals surface area contributed by atoms with Crippen molar-refractivity contribution >= 4 is 34.9 Å². The highest BCUT2D eigenvalue weighted by molar-refractivity contribution is 6.33. The molecule has 0 aliphatic rings. The van der Waals surface area contributed by atoms with Gasteiger partial charge in [-0.3, -0.25) is 14.4 Å². The lowest BCUT2D eigenvalue weighted by Crippen LogP contribution is -2.30. The number of esters is 1. The number of Topliss-reactive ketones (excluding diaryl/α,β-unsaturated/α-hetero) is 1. The van der Waals surface area contributed by atoms with E-state index in [1.165, 1.54) is 12.5 Å². The van der Waals surface area contributed by atoms with Crippen molar-refractivity contribution < 1.29 is 19.1 Å². The molecule has 1 atom stereocenters. The Morgan fingerprint density at radius 2 is 1.71 bits per heavy atom. The molecule has 148 valence electrons. The molecule has 0 saturated carbocycles. The largest absolute Gasteiger partial charge is 0.453 e. The molecule has 1 amide bonds. The van der Waals surface area contributed by atoms with Crippen LogP contribution in [-0.4, -0.2) is 23.8 Å². The highest BCUT2D eigenvalue weighted by Crippen LogP contribution is 2.20. The Labute approximate surface area is 170 Å². The second-order valence-electron chi connectivity index (χ2n) is 6.47. The number of anilines is 1. The average Bonchev–Trinajstić information content (AvgIpc) is 2.68. The summed E-state index contributed by atoms with van der Waals surface area (Å²) in [5.74, 6) is -1.22. The SMILES string of the molecule is CCCc1ccc(C(=O)CCC(=O)O[C@H](C)C(=O)Nc2ccccc2Cl)cc1. The number of ether oxygens (including phenoxy) is 1. The molecule has 0 fully saturated rings. The molecule has 0 aromatic heterocycles. The van der Waals surface area contributed by atoms with Gasteiger partial charge >= 0.3 is 5.97 Å². The molecule has 0 saturated heterocycles. The van der Waals surface area contributed by atoms with Gasteiger partial charge in [-0.05, 0) is 31.0 Å². The first-order valence-corrected chi connectivity index (χ1v) is 9.65. The van der Waals surface area contributed by atoms with Crippen LogP contribution in [-0.2, 0) is 20.7 Å². The van der Waals surface area contributed by atoms with Crippen LogP contribution in [0.4, 0.5) is 5.69 Å². The molecule has 0 heterocycles. The van der Waals surface area contributed by atoms with E-state index in [0.29, 0.717) is 16.3 Å². The number of aryl methyl sites for hydroxylation is 1. The van der Waals surface area contributed by atoms with Crippen molar-refractivity contribution in [3.63, 3.8) is 0 Å². The predicted molar refractivity (Wildman–Crippen MR) is 110 cm³/mol. The summed E-state index contributed by atoms with van der Waals surface area (Å²) in [5, 5.41) is 3.00. The van der Waals surface area contributed by atoms with Crippen LogP contribution in [0.1, 0.15) is 49.0 Å². The number of ketones is 1. The van der Waals surface area contributed by atoms with Crippen LogP contribution >= 0.6 is 11.6 Å². The van der Waals surface area contributed by atoms with E-state index in [1.807, 2.05) is 12.1 Å². The zero-order chi connectivity index (χ0) is 20.5. The van der Waals surface area contributed by atoms with Gasteiger partial charge in [-0.25, -0.2) is 0 Å². The van der Waals surface area contributed by atoms with Crippen LogP contribution in [0.15, 0.2) is 48.5 Å². The first-order valence-electron chi connectivity index (χ1n) is 9.27. The van der Waals surface area contributed by atoms with Gasteiger partial charge in [-0.1, -0.05) is 61.3 Å². The number of hydrogen-bond donors (Lipinski definition) is 1. The zero-order valence-corrected chi connectivity index (χ0v) is 16.8. The number of rotatable bonds is 9. The number of carbonyl (C=O) groups is 3. The number of amides is 1. The fourth-order valence-electron chi connectivity index (χ4n) is 2.61. The first-order chi connectivity index (χ1) is 13.4. The number of hydrogen-bond acceptors (Lipinski definition) is 4. The van der Waals surface area contributed by atoms with Gasteiger partial charge in [0, 0.05) is 12.0 Å². The molecular weight excluding hydrogens is 378 g/mol. The third-order valence-electron chi connectivity index (χ3n) is 4.18. The van der Waals surface area contributed by atoms with E-state index < -0.39 is 18.0 Å². The van der Waals surface area contributed by atoms with E-state index >= 15 is 0 Å². The van der Waals surface area contributed by atoms with Crippen LogP contribution in [0, 0.1) is 0 Å². The van der Waals surface area contributed by atoms with E-state index in [2.05, 4.69) is 12.2 Å². The van der Waals surface area contributed by atoms with Crippen molar-refractivity contribution in [3.05, 3.63) is 64.7 Å². The lowest BCUT2D eigenvalue weighted by molar-refractivity contribution is -0.153. The van der Waals surface area contributed by atoms with Crippen LogP contribution in [0.2, 0.25) is 5.02 Å². The van der Waals surface area contributed by atoms with Crippen LogP contribution in [0.5, 0.6) is 0 Å². The van der Waals surface area contributed by atoms with E-state index in [1.54, 1.807) is 36.4 Å². The van der Waals surface area contributed by atoms with E-state index in [-0.39, 0.29) is 18.6 Å². The minimum absolute atomic E-state index is 0.0325. The van der Waals surface area contributed by atoms with Gasteiger partial charge in [0.2, 0.25) is 0 Å². The average molecular weight is 402 g/mol. The highest BCUT2D eigenvalue weighted by Gasteiger charge is 2.19. The number of carbonyl (C=O) groups excluding carboxylic acids is 3. The van der Waals surface area contributed by atoms with Crippen LogP contribution in [0.25, 0.3) is 0 Å². The lowest BCUT2D eigenvalue weighted by Gasteiger charge is -2.14. The van der Waals surface area contributed by atoms with Crippen molar-refractivity contribution in [2.45, 2.75) is 45.6 Å². The minimum atomic E-state index is -0.993. The minimum Gasteiger partial charge on any atom is -0.453 e. The Balaban J connectivity index is 1.80. The summed E-state index contributed by atoms with van der Waals surface area (Å²) < 4.78 is 5.12. The molecule has 5 nitrogen and oxygen atoms in total. The molecule has 0 radical (unpaired) electrons. The summed E-state index contributed by atoms with van der Waals surface area (Å²) in [6.07, 6.45) is 0.965. The topological polar surface area (TPSA) is 72.5 Å². The second-order valence-corrected chi connectivity index (χ2v) is 6.88. The van der Waals surface area contributed by atoms with Crippen molar-refractivity contribution in [1.29, 1.82) is 0 Å². The van der Waals surface area contributed by atoms with Crippen molar-refractivity contribution in [2.24, 2.45) is 0 Å². The normalized spacial score (nSPS) is 11.5. The molecule has 2 aromatic carbocycles. The van der Waals surface area contributed by atoms with E-state index in [0.717, 1.165) is 12.8 Å². The fraction of sp³-hybridized carbons (Fsp3) is 0.318. The molecule has 0 aliphatic heterocycles. The van der Waals surface area contributed by atoms with Crippen LogP contribution < -0.4 is 5.32 Å². The monoisotopic (exact) mass is 401 g/mol. The molecule has 0 unspecified atom stereocenters. The number of halogens is 1. The molecular formula is C22H24ClNO4. The second kappa shape index (κ2) is 10.6. The van der Waals surface area contributed by atoms with Crippen molar-refractivity contribution in [1.82, 2.24) is 0 Å². The first kappa shape index (κ1) is 21.6. The summed E-state index contributed by atoms with van der Waals surface area (Å²) >= 11 is 5.99. The van der Waals surface area contributed by atoms with Crippen LogP contribution in [0.3, 0.4) is 0 Å². The highest BCUT2D eigenvalue weighted by atomic mass is 35.5. The Morgan fingerprint density at radius 1 is 1.04 bits per heavy atom. The summed E-state index contributed by atoms with van der Waals surface area (Å²) in [6, 6.07) is 14.2. The molecule has 0 spiro atoms. The number of benzene rings is 2. The summed E-state index contributed by atoms with van der Waals surface area (Å²) in [4.78, 5) is 36.3. The third kappa shape index (κ3) is 6.50. The molecule has 0 bridgehead atoms. The number of para-hydroxylation sites is 1. The molecule has 1 N–H and O–H groups in total. The third-order valence-corrected chi connectivity index (χ3v) is 4.51. The van der Waals surface area contributed by atoms with E-state index in [9.17, 15) is 14.4 Å². The summed E-state index contributed by atoms with van der Waals surface area (Å²) in [6.45, 7) is 3.57. The Hall–Kier alpha value is -2.66. The maximum Gasteiger partial charge on any atom is 0.307 e. The van der Waals surface area contributed by atoms with Crippen molar-refractivity contribution in [3.8, 4) is 0 Å². The van der Waals surface area contributed by atoms with Crippen molar-refractivity contribution in [2.75, 3.05) is 5.32 Å². The smallest absolute Gasteiger partial charge is 0.307 e. The quantitative estimate of drug-likeness (QED) is 0.482. The standard InChI is InChI=1S/C22H24ClNO4/c1-3-6-16-9-11-17(12-10-16)20(25)13-14-21(26)28-15(2)22(27)24-19-8-5-4-7-18(19)23/h4-5,7-12,15H,3,6,13-14H2,1-2H3,(H,24,27)/t15-/m1/s1. The van der Waals surface area contributed by atoms with Gasteiger partial charge in [0.05, 0.1) is 17.1 Å². The molecule has 28 heavy (non-hydrogen) atoms. The summed E-state index contributed by atoms with van der Waals surface area (Å²) in [5.41, 5.74) is 2.19. The molecule has 0 aliphatic carbocycles. The van der Waals surface area contributed by atoms with Gasteiger partial charge in [-0.15, -0.1) is 0 Å². The fourth-order valence-corrected chi connectivity index (χ4v) is 2.80. The van der Waals surface area contributed by atoms with Gasteiger partial charge in [0.25, 0.3) is 5.91 Å². The molecule has 6 heteroatoms. The number of nitrogens with one attached hydrogen (secondary N) is 1.